The summed E-state index contributed by atoms with van der Waals surface area (Å²) in [6.07, 6.45) is -2.06. The van der Waals surface area contributed by atoms with Crippen molar-refractivity contribution in [1.29, 1.82) is 0 Å². The molecule has 1 aliphatic heterocycles. The minimum atomic E-state index is -3.66. The van der Waals surface area contributed by atoms with Crippen LogP contribution in [-0.2, 0) is 16.1 Å². The quantitative estimate of drug-likeness (QED) is 0.794. The largest absolute Gasteiger partial charge is 0.445 e. The summed E-state index contributed by atoms with van der Waals surface area (Å²) < 4.78 is 39.3. The third kappa shape index (κ3) is 5.31. The summed E-state index contributed by atoms with van der Waals surface area (Å²) in [5, 5.41) is 11.4. The fourth-order valence-electron chi connectivity index (χ4n) is 2.89. The van der Waals surface area contributed by atoms with Gasteiger partial charge in [0.1, 0.15) is 24.4 Å². The first kappa shape index (κ1) is 21.9. The fraction of sp³-hybridized carbons (Fsp3) is 0.579. The van der Waals surface area contributed by atoms with Gasteiger partial charge in [-0.3, -0.25) is 0 Å². The smallest absolute Gasteiger partial charge is 0.410 e. The SMILES string of the molecule is CC(C)(C)OC(=O)N1CCC(NC(=O)OCc2ccccc2)(C(F)(F)CO)C1. The van der Waals surface area contributed by atoms with E-state index in [0.29, 0.717) is 5.56 Å². The Bertz CT molecular complexity index is 693. The standard InChI is InChI=1S/C19H26F2N2O5/c1-17(2,3)28-16(26)23-10-9-18(12-23,19(20,21)13-24)22-15(25)27-11-14-7-5-4-6-8-14/h4-8,24H,9-13H2,1-3H3,(H,22,25). The lowest BCUT2D eigenvalue weighted by Gasteiger charge is -2.36. The van der Waals surface area contributed by atoms with Gasteiger partial charge in [0.25, 0.3) is 5.92 Å². The van der Waals surface area contributed by atoms with Crippen LogP contribution >= 0.6 is 0 Å². The zero-order valence-electron chi connectivity index (χ0n) is 16.2. The number of carbonyl (C=O) groups excluding carboxylic acids is 2. The van der Waals surface area contributed by atoms with Gasteiger partial charge in [-0.25, -0.2) is 18.4 Å². The number of hydrogen-bond donors (Lipinski definition) is 2. The second-order valence-corrected chi connectivity index (χ2v) is 7.78. The number of benzene rings is 1. The summed E-state index contributed by atoms with van der Waals surface area (Å²) in [5.74, 6) is -3.66. The Morgan fingerprint density at radius 1 is 1.25 bits per heavy atom. The van der Waals surface area contributed by atoms with E-state index in [1.54, 1.807) is 51.1 Å². The van der Waals surface area contributed by atoms with Crippen LogP contribution < -0.4 is 5.32 Å². The third-order valence-electron chi connectivity index (χ3n) is 4.37. The summed E-state index contributed by atoms with van der Waals surface area (Å²) in [4.78, 5) is 25.5. The molecule has 2 N–H and O–H groups in total. The van der Waals surface area contributed by atoms with Crippen LogP contribution in [0.5, 0.6) is 0 Å². The predicted molar refractivity (Wildman–Crippen MR) is 97.0 cm³/mol. The van der Waals surface area contributed by atoms with E-state index < -0.39 is 42.4 Å². The van der Waals surface area contributed by atoms with Crippen molar-refractivity contribution in [3.05, 3.63) is 35.9 Å². The van der Waals surface area contributed by atoms with E-state index in [2.05, 4.69) is 5.32 Å². The van der Waals surface area contributed by atoms with Gasteiger partial charge >= 0.3 is 12.2 Å². The number of likely N-dealkylation sites (tertiary alicyclic amines) is 1. The van der Waals surface area contributed by atoms with Crippen LogP contribution in [0.3, 0.4) is 0 Å². The highest BCUT2D eigenvalue weighted by Gasteiger charge is 2.59. The van der Waals surface area contributed by atoms with Gasteiger partial charge in [0, 0.05) is 6.54 Å². The topological polar surface area (TPSA) is 88.1 Å². The molecule has 1 unspecified atom stereocenters. The molecule has 1 atom stereocenters. The van der Waals surface area contributed by atoms with Crippen LogP contribution in [0.1, 0.15) is 32.8 Å². The summed E-state index contributed by atoms with van der Waals surface area (Å²) in [5.41, 5.74) is -2.24. The molecule has 1 aliphatic rings. The number of halogens is 2. The summed E-state index contributed by atoms with van der Waals surface area (Å²) in [7, 11) is 0. The first-order valence-electron chi connectivity index (χ1n) is 8.93. The van der Waals surface area contributed by atoms with Crippen LogP contribution in [0.25, 0.3) is 0 Å². The molecular formula is C19H26F2N2O5. The van der Waals surface area contributed by atoms with Gasteiger partial charge in [-0.1, -0.05) is 30.3 Å². The zero-order valence-corrected chi connectivity index (χ0v) is 16.2. The van der Waals surface area contributed by atoms with Crippen molar-refractivity contribution in [3.63, 3.8) is 0 Å². The molecule has 1 heterocycles. The molecule has 0 aromatic heterocycles. The van der Waals surface area contributed by atoms with Crippen LogP contribution in [0.2, 0.25) is 0 Å². The number of hydrogen-bond acceptors (Lipinski definition) is 5. The molecule has 0 spiro atoms. The van der Waals surface area contributed by atoms with E-state index in [9.17, 15) is 23.5 Å². The lowest BCUT2D eigenvalue weighted by molar-refractivity contribution is -0.118. The van der Waals surface area contributed by atoms with E-state index in [1.807, 2.05) is 0 Å². The number of alkyl halides is 2. The van der Waals surface area contributed by atoms with Crippen LogP contribution in [0, 0.1) is 0 Å². The Balaban J connectivity index is 2.08. The molecule has 28 heavy (non-hydrogen) atoms. The number of nitrogens with one attached hydrogen (secondary N) is 1. The number of alkyl carbamates (subject to hydrolysis) is 1. The fourth-order valence-corrected chi connectivity index (χ4v) is 2.89. The Morgan fingerprint density at radius 2 is 1.89 bits per heavy atom. The lowest BCUT2D eigenvalue weighted by Crippen LogP contribution is -2.63. The van der Waals surface area contributed by atoms with Crippen LogP contribution in [0.4, 0.5) is 18.4 Å². The predicted octanol–water partition coefficient (Wildman–Crippen LogP) is 2.92. The maximum atomic E-state index is 14.5. The second-order valence-electron chi connectivity index (χ2n) is 7.78. The minimum Gasteiger partial charge on any atom is -0.445 e. The van der Waals surface area contributed by atoms with Crippen LogP contribution in [-0.4, -0.2) is 59.0 Å². The molecule has 2 amide bonds. The number of ether oxygens (including phenoxy) is 2. The van der Waals surface area contributed by atoms with E-state index in [-0.39, 0.29) is 19.6 Å². The van der Waals surface area contributed by atoms with Gasteiger partial charge in [-0.05, 0) is 32.8 Å². The molecule has 0 bridgehead atoms. The number of amides is 2. The molecular weight excluding hydrogens is 374 g/mol. The minimum absolute atomic E-state index is 0.0521. The number of aliphatic hydroxyl groups is 1. The van der Waals surface area contributed by atoms with Crippen molar-refractivity contribution in [2.24, 2.45) is 0 Å². The van der Waals surface area contributed by atoms with Crippen molar-refractivity contribution >= 4 is 12.2 Å². The van der Waals surface area contributed by atoms with E-state index in [0.717, 1.165) is 4.90 Å². The molecule has 9 heteroatoms. The van der Waals surface area contributed by atoms with Crippen molar-refractivity contribution in [2.75, 3.05) is 19.7 Å². The maximum Gasteiger partial charge on any atom is 0.410 e. The molecule has 0 radical (unpaired) electrons. The lowest BCUT2D eigenvalue weighted by atomic mass is 9.90. The molecule has 156 valence electrons. The summed E-state index contributed by atoms with van der Waals surface area (Å²) in [6.45, 7) is 2.86. The van der Waals surface area contributed by atoms with Crippen molar-refractivity contribution in [3.8, 4) is 0 Å². The number of carbonyl (C=O) groups is 2. The molecule has 1 aromatic carbocycles. The number of nitrogens with zero attached hydrogens (tertiary/aromatic N) is 1. The van der Waals surface area contributed by atoms with Crippen molar-refractivity contribution < 1.29 is 33.0 Å². The first-order chi connectivity index (χ1) is 13.0. The summed E-state index contributed by atoms with van der Waals surface area (Å²) in [6, 6.07) is 8.77. The van der Waals surface area contributed by atoms with Crippen molar-refractivity contribution in [1.82, 2.24) is 10.2 Å². The van der Waals surface area contributed by atoms with E-state index in [1.165, 1.54) is 0 Å². The number of rotatable bonds is 5. The number of aliphatic hydroxyl groups excluding tert-OH is 1. The molecule has 1 fully saturated rings. The van der Waals surface area contributed by atoms with Gasteiger partial charge in [-0.2, -0.15) is 0 Å². The highest BCUT2D eigenvalue weighted by atomic mass is 19.3. The van der Waals surface area contributed by atoms with E-state index >= 15 is 0 Å². The first-order valence-corrected chi connectivity index (χ1v) is 8.93. The average molecular weight is 400 g/mol. The van der Waals surface area contributed by atoms with Gasteiger partial charge in [0.2, 0.25) is 0 Å². The monoisotopic (exact) mass is 400 g/mol. The highest BCUT2D eigenvalue weighted by Crippen LogP contribution is 2.37. The molecule has 1 saturated heterocycles. The second kappa shape index (κ2) is 8.30. The van der Waals surface area contributed by atoms with E-state index in [4.69, 9.17) is 9.47 Å². The Hall–Kier alpha value is -2.42. The zero-order chi connectivity index (χ0) is 21.0. The van der Waals surface area contributed by atoms with Crippen molar-refractivity contribution in [2.45, 2.75) is 50.9 Å². The molecule has 0 saturated carbocycles. The molecule has 2 rings (SSSR count). The Morgan fingerprint density at radius 3 is 2.46 bits per heavy atom. The third-order valence-corrected chi connectivity index (χ3v) is 4.37. The van der Waals surface area contributed by atoms with Gasteiger partial charge < -0.3 is 24.8 Å². The van der Waals surface area contributed by atoms with Gasteiger partial charge in [-0.15, -0.1) is 0 Å². The molecule has 1 aromatic rings. The highest BCUT2D eigenvalue weighted by molar-refractivity contribution is 5.71. The Labute approximate surface area is 162 Å². The summed E-state index contributed by atoms with van der Waals surface area (Å²) >= 11 is 0. The Kier molecular flexibility index (Phi) is 6.48. The molecule has 0 aliphatic carbocycles. The molecule has 7 nitrogen and oxygen atoms in total. The maximum absolute atomic E-state index is 14.5. The van der Waals surface area contributed by atoms with Gasteiger partial charge in [0.15, 0.2) is 0 Å². The normalized spacial score (nSPS) is 20.0. The van der Waals surface area contributed by atoms with Crippen LogP contribution in [0.15, 0.2) is 30.3 Å². The average Bonchev–Trinajstić information content (AvgIpc) is 3.05. The van der Waals surface area contributed by atoms with Gasteiger partial charge in [0.05, 0.1) is 6.54 Å².